The van der Waals surface area contributed by atoms with Crippen LogP contribution in [0, 0.1) is 0 Å². The van der Waals surface area contributed by atoms with E-state index in [1.165, 1.54) is 14.2 Å². The number of hydrogen-bond acceptors (Lipinski definition) is 5. The van der Waals surface area contributed by atoms with Crippen LogP contribution in [0.4, 0.5) is 0 Å². The molecule has 0 aliphatic carbocycles. The smallest absolute Gasteiger partial charge is 0.337 e. The first kappa shape index (κ1) is 10.7. The van der Waals surface area contributed by atoms with Crippen LogP contribution in [0.5, 0.6) is 0 Å². The van der Waals surface area contributed by atoms with Gasteiger partial charge in [0.2, 0.25) is 0 Å². The molecular formula is C9H12O5. The van der Waals surface area contributed by atoms with E-state index in [1.807, 2.05) is 0 Å². The summed E-state index contributed by atoms with van der Waals surface area (Å²) >= 11 is 0. The molecule has 1 aliphatic heterocycles. The van der Waals surface area contributed by atoms with Crippen LogP contribution in [0.15, 0.2) is 11.6 Å². The summed E-state index contributed by atoms with van der Waals surface area (Å²) in [6.45, 7) is 2.11. The second-order valence-corrected chi connectivity index (χ2v) is 3.09. The molecular weight excluding hydrogens is 188 g/mol. The first-order valence-electron chi connectivity index (χ1n) is 4.06. The van der Waals surface area contributed by atoms with Gasteiger partial charge in [-0.2, -0.15) is 0 Å². The Balaban J connectivity index is 2.87. The summed E-state index contributed by atoms with van der Waals surface area (Å²) in [6.07, 6.45) is 1.10. The van der Waals surface area contributed by atoms with E-state index in [4.69, 9.17) is 4.74 Å². The number of epoxide rings is 1. The summed E-state index contributed by atoms with van der Waals surface area (Å²) in [5.41, 5.74) is -0.506. The molecule has 0 saturated carbocycles. The summed E-state index contributed by atoms with van der Waals surface area (Å²) in [6, 6.07) is 0. The van der Waals surface area contributed by atoms with Crippen molar-refractivity contribution in [3.63, 3.8) is 0 Å². The second kappa shape index (κ2) is 3.79. The van der Waals surface area contributed by atoms with Crippen LogP contribution in [0.25, 0.3) is 0 Å². The number of methoxy groups -OCH3 is 2. The molecule has 0 radical (unpaired) electrons. The zero-order valence-corrected chi connectivity index (χ0v) is 8.33. The van der Waals surface area contributed by atoms with Crippen molar-refractivity contribution in [3.8, 4) is 0 Å². The third-order valence-corrected chi connectivity index (χ3v) is 2.02. The van der Waals surface area contributed by atoms with Gasteiger partial charge in [0.05, 0.1) is 26.4 Å². The maximum atomic E-state index is 11.3. The Morgan fingerprint density at radius 1 is 1.36 bits per heavy atom. The van der Waals surface area contributed by atoms with Gasteiger partial charge in [-0.1, -0.05) is 0 Å². The number of ether oxygens (including phenoxy) is 3. The van der Waals surface area contributed by atoms with Crippen LogP contribution in [-0.4, -0.2) is 38.4 Å². The van der Waals surface area contributed by atoms with E-state index in [1.54, 1.807) is 6.92 Å². The lowest BCUT2D eigenvalue weighted by Gasteiger charge is -2.07. The highest BCUT2D eigenvalue weighted by molar-refractivity contribution is 5.98. The van der Waals surface area contributed by atoms with E-state index in [2.05, 4.69) is 9.47 Å². The average Bonchev–Trinajstić information content (AvgIpc) is 2.92. The molecule has 0 aromatic rings. The maximum absolute atomic E-state index is 11.3. The Labute approximate surface area is 81.6 Å². The topological polar surface area (TPSA) is 65.1 Å². The van der Waals surface area contributed by atoms with Gasteiger partial charge in [0.1, 0.15) is 5.60 Å². The number of rotatable bonds is 3. The molecule has 0 amide bonds. The van der Waals surface area contributed by atoms with Crippen molar-refractivity contribution in [2.45, 2.75) is 12.5 Å². The molecule has 0 bridgehead atoms. The fourth-order valence-corrected chi connectivity index (χ4v) is 0.978. The van der Waals surface area contributed by atoms with Crippen molar-refractivity contribution in [2.24, 2.45) is 0 Å². The Kier molecular flexibility index (Phi) is 2.90. The average molecular weight is 200 g/mol. The molecule has 1 atom stereocenters. The predicted octanol–water partition coefficient (Wildman–Crippen LogP) is 0.0477. The van der Waals surface area contributed by atoms with E-state index >= 15 is 0 Å². The first-order chi connectivity index (χ1) is 6.53. The van der Waals surface area contributed by atoms with Gasteiger partial charge in [-0.25, -0.2) is 9.59 Å². The van der Waals surface area contributed by atoms with Crippen LogP contribution in [0.2, 0.25) is 0 Å². The quantitative estimate of drug-likeness (QED) is 0.366. The van der Waals surface area contributed by atoms with Gasteiger partial charge >= 0.3 is 11.9 Å². The molecule has 14 heavy (non-hydrogen) atoms. The van der Waals surface area contributed by atoms with Gasteiger partial charge in [0, 0.05) is 6.08 Å². The third-order valence-electron chi connectivity index (χ3n) is 2.02. The van der Waals surface area contributed by atoms with E-state index in [0.717, 1.165) is 6.08 Å². The van der Waals surface area contributed by atoms with Gasteiger partial charge in [0.25, 0.3) is 0 Å². The molecule has 0 aromatic heterocycles. The molecule has 1 heterocycles. The number of carbonyl (C=O) groups excluding carboxylic acids is 2. The van der Waals surface area contributed by atoms with Gasteiger partial charge in [-0.05, 0) is 6.92 Å². The van der Waals surface area contributed by atoms with E-state index in [9.17, 15) is 9.59 Å². The summed E-state index contributed by atoms with van der Waals surface area (Å²) in [5.74, 6) is -1.17. The van der Waals surface area contributed by atoms with Gasteiger partial charge in [0.15, 0.2) is 0 Å². The van der Waals surface area contributed by atoms with Crippen molar-refractivity contribution in [2.75, 3.05) is 20.8 Å². The minimum Gasteiger partial charge on any atom is -0.466 e. The highest BCUT2D eigenvalue weighted by Gasteiger charge is 2.47. The van der Waals surface area contributed by atoms with Crippen molar-refractivity contribution in [1.29, 1.82) is 0 Å². The zero-order chi connectivity index (χ0) is 10.8. The molecule has 0 spiro atoms. The van der Waals surface area contributed by atoms with E-state index < -0.39 is 17.5 Å². The molecule has 1 fully saturated rings. The fourth-order valence-electron chi connectivity index (χ4n) is 0.978. The Hall–Kier alpha value is -1.36. The summed E-state index contributed by atoms with van der Waals surface area (Å²) in [4.78, 5) is 22.2. The standard InChI is InChI=1S/C9H12O5/c1-9(5-14-9)6(8(11)13-3)4-7(10)12-2/h4H,5H2,1-3H3. The minimum absolute atomic E-state index is 0.187. The Bertz CT molecular complexity index is 288. The highest BCUT2D eigenvalue weighted by atomic mass is 16.6. The molecule has 5 nitrogen and oxygen atoms in total. The molecule has 5 heteroatoms. The fraction of sp³-hybridized carbons (Fsp3) is 0.556. The predicted molar refractivity (Wildman–Crippen MR) is 46.5 cm³/mol. The molecule has 1 unspecified atom stereocenters. The van der Waals surface area contributed by atoms with Gasteiger partial charge in [-0.15, -0.1) is 0 Å². The lowest BCUT2D eigenvalue weighted by atomic mass is 10.0. The molecule has 78 valence electrons. The number of esters is 2. The van der Waals surface area contributed by atoms with Crippen molar-refractivity contribution < 1.29 is 23.8 Å². The number of carbonyl (C=O) groups is 2. The molecule has 1 saturated heterocycles. The van der Waals surface area contributed by atoms with Gasteiger partial charge < -0.3 is 14.2 Å². The minimum atomic E-state index is -0.693. The monoisotopic (exact) mass is 200 g/mol. The Morgan fingerprint density at radius 3 is 2.29 bits per heavy atom. The highest BCUT2D eigenvalue weighted by Crippen LogP contribution is 2.34. The van der Waals surface area contributed by atoms with Crippen LogP contribution < -0.4 is 0 Å². The second-order valence-electron chi connectivity index (χ2n) is 3.09. The van der Waals surface area contributed by atoms with E-state index in [0.29, 0.717) is 6.61 Å². The first-order valence-corrected chi connectivity index (χ1v) is 4.06. The maximum Gasteiger partial charge on any atom is 0.337 e. The molecule has 0 aromatic carbocycles. The van der Waals surface area contributed by atoms with E-state index in [-0.39, 0.29) is 5.57 Å². The molecule has 1 aliphatic rings. The largest absolute Gasteiger partial charge is 0.466 e. The lowest BCUT2D eigenvalue weighted by Crippen LogP contribution is -2.21. The Morgan fingerprint density at radius 2 is 1.93 bits per heavy atom. The summed E-state index contributed by atoms with van der Waals surface area (Å²) in [5, 5.41) is 0. The van der Waals surface area contributed by atoms with Gasteiger partial charge in [-0.3, -0.25) is 0 Å². The number of hydrogen-bond donors (Lipinski definition) is 0. The lowest BCUT2D eigenvalue weighted by molar-refractivity contribution is -0.139. The third kappa shape index (κ3) is 2.11. The molecule has 0 N–H and O–H groups in total. The zero-order valence-electron chi connectivity index (χ0n) is 8.33. The van der Waals surface area contributed by atoms with Crippen LogP contribution in [-0.2, 0) is 23.8 Å². The van der Waals surface area contributed by atoms with Crippen molar-refractivity contribution in [3.05, 3.63) is 11.6 Å². The van der Waals surface area contributed by atoms with Crippen LogP contribution in [0.3, 0.4) is 0 Å². The SMILES string of the molecule is COC(=O)C=C(C(=O)OC)C1(C)CO1. The van der Waals surface area contributed by atoms with Crippen molar-refractivity contribution in [1.82, 2.24) is 0 Å². The van der Waals surface area contributed by atoms with Crippen molar-refractivity contribution >= 4 is 11.9 Å². The summed E-state index contributed by atoms with van der Waals surface area (Å²) < 4.78 is 14.0. The normalized spacial score (nSPS) is 25.5. The summed E-state index contributed by atoms with van der Waals surface area (Å²) in [7, 11) is 2.49. The van der Waals surface area contributed by atoms with Crippen LogP contribution in [0.1, 0.15) is 6.92 Å². The molecule has 1 rings (SSSR count). The van der Waals surface area contributed by atoms with Crippen LogP contribution >= 0.6 is 0 Å².